The number of hydrogen-bond acceptors (Lipinski definition) is 4. The van der Waals surface area contributed by atoms with Gasteiger partial charge in [0.05, 0.1) is 0 Å². The fourth-order valence-corrected chi connectivity index (χ4v) is 0. The van der Waals surface area contributed by atoms with Crippen molar-refractivity contribution < 1.29 is 42.1 Å². The molecule has 40 valence electrons. The van der Waals surface area contributed by atoms with Gasteiger partial charge >= 0.3 is 0 Å². The summed E-state index contributed by atoms with van der Waals surface area (Å²) in [7, 11) is 0. The Morgan fingerprint density at radius 2 is 0.500 bits per heavy atom. The van der Waals surface area contributed by atoms with E-state index in [2.05, 4.69) is 46.6 Å². The Bertz CT molecular complexity index is 5.51. The van der Waals surface area contributed by atoms with Crippen LogP contribution in [0.4, 0.5) is 0 Å². The van der Waals surface area contributed by atoms with Crippen LogP contribution in [0.3, 0.4) is 0 Å². The van der Waals surface area contributed by atoms with Crippen LogP contribution in [0, 0.1) is 0 Å². The summed E-state index contributed by atoms with van der Waals surface area (Å²) >= 11 is 14.7. The first-order valence-corrected chi connectivity index (χ1v) is 3.00. The second-order valence-corrected chi connectivity index (χ2v) is 0. The predicted octanol–water partition coefficient (Wildman–Crippen LogP) is -0.0146. The van der Waals surface area contributed by atoms with E-state index in [-0.39, 0.29) is 42.1 Å². The Morgan fingerprint density at radius 3 is 0.500 bits per heavy atom. The van der Waals surface area contributed by atoms with Crippen molar-refractivity contribution >= 4 is 46.6 Å². The molecule has 0 atom stereocenters. The summed E-state index contributed by atoms with van der Waals surface area (Å²) in [5.74, 6) is 0. The largest absolute Gasteiger partial charge is 1.00 e. The molecule has 0 fully saturated rings. The van der Waals surface area contributed by atoms with E-state index in [1.54, 1.807) is 0 Å². The van der Waals surface area contributed by atoms with Gasteiger partial charge in [0.2, 0.25) is 0 Å². The maximum atomic E-state index is 3.67. The molecule has 0 aromatic rings. The average Bonchev–Trinajstić information content (AvgIpc) is 1.50. The fourth-order valence-electron chi connectivity index (χ4n) is 0. The van der Waals surface area contributed by atoms with Gasteiger partial charge in [-0.25, -0.2) is 0 Å². The molecular weight excluding hydrogens is 320 g/mol. The maximum absolute atomic E-state index is 3.67. The SMILES string of the molecule is [Mo].[Mo].[S-][S-].[S-][S-]. The first-order chi connectivity index (χ1) is 2.00. The molecule has 0 rings (SSSR count). The van der Waals surface area contributed by atoms with Crippen LogP contribution >= 0.6 is 0 Å². The quantitative estimate of drug-likeness (QED) is 0.350. The minimum absolute atomic E-state index is 0. The Labute approximate surface area is 87.6 Å². The van der Waals surface area contributed by atoms with Crippen molar-refractivity contribution in [2.45, 2.75) is 0 Å². The van der Waals surface area contributed by atoms with Gasteiger partial charge in [0.25, 0.3) is 0 Å². The van der Waals surface area contributed by atoms with Crippen molar-refractivity contribution in [3.05, 3.63) is 0 Å². The van der Waals surface area contributed by atoms with Crippen molar-refractivity contribution in [3.63, 3.8) is 0 Å². The minimum Gasteiger partial charge on any atom is -1.00 e. The molecule has 0 radical (unpaired) electrons. The van der Waals surface area contributed by atoms with Crippen molar-refractivity contribution in [3.8, 4) is 0 Å². The van der Waals surface area contributed by atoms with Gasteiger partial charge in [-0.2, -0.15) is 0 Å². The summed E-state index contributed by atoms with van der Waals surface area (Å²) in [5.41, 5.74) is 0. The number of rotatable bonds is 0. The topological polar surface area (TPSA) is 0 Å². The van der Waals surface area contributed by atoms with Crippen LogP contribution in [0.2, 0.25) is 0 Å². The first-order valence-electron chi connectivity index (χ1n) is 0.333. The van der Waals surface area contributed by atoms with Gasteiger partial charge in [-0.15, -0.1) is 0 Å². The second kappa shape index (κ2) is 46.3. The molecule has 0 spiro atoms. The molecule has 0 aromatic heterocycles. The van der Waals surface area contributed by atoms with Gasteiger partial charge in [-0.3, -0.25) is 0 Å². The van der Waals surface area contributed by atoms with E-state index in [1.807, 2.05) is 0 Å². The Kier molecular flexibility index (Phi) is 180. The number of hydrogen-bond donors (Lipinski definition) is 0. The second-order valence-electron chi connectivity index (χ2n) is 0. The van der Waals surface area contributed by atoms with Gasteiger partial charge in [-0.1, -0.05) is 0 Å². The van der Waals surface area contributed by atoms with Crippen molar-refractivity contribution in [2.75, 3.05) is 0 Å². The van der Waals surface area contributed by atoms with E-state index in [4.69, 9.17) is 0 Å². The molecule has 0 aliphatic rings. The molecule has 0 aromatic carbocycles. The van der Waals surface area contributed by atoms with Gasteiger partial charge < -0.3 is 46.6 Å². The normalized spacial score (nSPS) is 2.00. The fraction of sp³-hybridized carbons (Fsp3) is 0. The molecule has 6 heavy (non-hydrogen) atoms. The molecular formula is Mo2S4-4. The molecule has 0 N–H and O–H groups in total. The summed E-state index contributed by atoms with van der Waals surface area (Å²) < 4.78 is 0. The van der Waals surface area contributed by atoms with Crippen LogP contribution < -0.4 is 0 Å². The van der Waals surface area contributed by atoms with E-state index >= 15 is 0 Å². The Morgan fingerprint density at radius 1 is 0.500 bits per heavy atom. The monoisotopic (exact) mass is 324 g/mol. The summed E-state index contributed by atoms with van der Waals surface area (Å²) in [5, 5.41) is 0. The summed E-state index contributed by atoms with van der Waals surface area (Å²) in [6, 6.07) is 0. The zero-order valence-electron chi connectivity index (χ0n) is 2.45. The van der Waals surface area contributed by atoms with Crippen LogP contribution in [0.5, 0.6) is 0 Å². The van der Waals surface area contributed by atoms with E-state index in [9.17, 15) is 0 Å². The van der Waals surface area contributed by atoms with Gasteiger partial charge in [0, 0.05) is 42.1 Å². The molecule has 0 aliphatic heterocycles. The molecule has 0 bridgehead atoms. The predicted molar refractivity (Wildman–Crippen MR) is 29.5 cm³/mol. The van der Waals surface area contributed by atoms with Gasteiger partial charge in [0.1, 0.15) is 0 Å². The zero-order chi connectivity index (χ0) is 4.00. The first kappa shape index (κ1) is 23.3. The van der Waals surface area contributed by atoms with Crippen molar-refractivity contribution in [1.29, 1.82) is 0 Å². The van der Waals surface area contributed by atoms with E-state index in [1.165, 1.54) is 0 Å². The van der Waals surface area contributed by atoms with E-state index < -0.39 is 0 Å². The maximum Gasteiger partial charge on any atom is 0 e. The molecule has 0 saturated carbocycles. The van der Waals surface area contributed by atoms with Gasteiger partial charge in [-0.05, 0) is 0 Å². The standard InChI is InChI=1S/2Mo.2S2/c;;2*1-2/q;;2*-2. The summed E-state index contributed by atoms with van der Waals surface area (Å²) in [6.07, 6.45) is 0. The van der Waals surface area contributed by atoms with Crippen molar-refractivity contribution in [1.82, 2.24) is 0 Å². The summed E-state index contributed by atoms with van der Waals surface area (Å²) in [6.45, 7) is 0. The minimum atomic E-state index is 0. The van der Waals surface area contributed by atoms with Crippen LogP contribution in [0.25, 0.3) is 0 Å². The van der Waals surface area contributed by atoms with Crippen LogP contribution in [0.15, 0.2) is 0 Å². The molecule has 0 aliphatic carbocycles. The molecule has 0 amide bonds. The molecule has 0 unspecified atom stereocenters. The summed E-state index contributed by atoms with van der Waals surface area (Å²) in [4.78, 5) is 0. The van der Waals surface area contributed by atoms with Crippen LogP contribution in [-0.2, 0) is 88.8 Å². The third kappa shape index (κ3) is 29.3. The van der Waals surface area contributed by atoms with E-state index in [0.717, 1.165) is 0 Å². The molecule has 0 heterocycles. The Balaban J connectivity index is -0.00000000500. The van der Waals surface area contributed by atoms with Crippen LogP contribution in [-0.4, -0.2) is 0 Å². The smallest absolute Gasteiger partial charge is 0 e. The molecule has 0 saturated heterocycles. The molecule has 6 heteroatoms. The van der Waals surface area contributed by atoms with E-state index in [0.29, 0.717) is 0 Å². The van der Waals surface area contributed by atoms with Crippen LogP contribution in [0.1, 0.15) is 0 Å². The zero-order valence-corrected chi connectivity index (χ0v) is 9.73. The average molecular weight is 320 g/mol. The third-order valence-corrected chi connectivity index (χ3v) is 0. The Hall–Kier alpha value is 2.78. The van der Waals surface area contributed by atoms with Crippen molar-refractivity contribution in [2.24, 2.45) is 0 Å². The van der Waals surface area contributed by atoms with Gasteiger partial charge in [0.15, 0.2) is 0 Å². The third-order valence-electron chi connectivity index (χ3n) is 0. The molecule has 0 nitrogen and oxygen atoms in total.